The fourth-order valence-electron chi connectivity index (χ4n) is 3.72. The standard InChI is InChI=1S/C15H31N3/c1-4-9-16-14-7-5-6-8-15(14)18-11-10-17(3)12-13(18)2/h13-16H,4-12H2,1-3H3. The van der Waals surface area contributed by atoms with Gasteiger partial charge in [0.1, 0.15) is 0 Å². The number of hydrogen-bond donors (Lipinski definition) is 1. The smallest absolute Gasteiger partial charge is 0.0253 e. The highest BCUT2D eigenvalue weighted by atomic mass is 15.3. The average molecular weight is 253 g/mol. The van der Waals surface area contributed by atoms with Crippen LogP contribution in [-0.4, -0.2) is 61.2 Å². The van der Waals surface area contributed by atoms with E-state index in [4.69, 9.17) is 0 Å². The molecule has 2 aliphatic rings. The van der Waals surface area contributed by atoms with E-state index in [0.29, 0.717) is 0 Å². The minimum absolute atomic E-state index is 0.720. The van der Waals surface area contributed by atoms with Gasteiger partial charge in [-0.1, -0.05) is 19.8 Å². The second kappa shape index (κ2) is 6.88. The van der Waals surface area contributed by atoms with Gasteiger partial charge >= 0.3 is 0 Å². The van der Waals surface area contributed by atoms with Gasteiger partial charge in [-0.3, -0.25) is 4.90 Å². The van der Waals surface area contributed by atoms with Crippen LogP contribution in [-0.2, 0) is 0 Å². The Kier molecular flexibility index (Phi) is 5.46. The first-order chi connectivity index (χ1) is 8.72. The molecule has 0 radical (unpaired) electrons. The zero-order valence-electron chi connectivity index (χ0n) is 12.5. The van der Waals surface area contributed by atoms with Crippen molar-refractivity contribution in [1.82, 2.24) is 15.1 Å². The van der Waals surface area contributed by atoms with Gasteiger partial charge in [0.2, 0.25) is 0 Å². The first-order valence-corrected chi connectivity index (χ1v) is 7.90. The van der Waals surface area contributed by atoms with E-state index < -0.39 is 0 Å². The van der Waals surface area contributed by atoms with Crippen molar-refractivity contribution in [3.63, 3.8) is 0 Å². The zero-order chi connectivity index (χ0) is 13.0. The maximum absolute atomic E-state index is 3.80. The van der Waals surface area contributed by atoms with Gasteiger partial charge in [-0.2, -0.15) is 0 Å². The third-order valence-electron chi connectivity index (χ3n) is 4.69. The van der Waals surface area contributed by atoms with Crippen LogP contribution in [0.2, 0.25) is 0 Å². The van der Waals surface area contributed by atoms with E-state index in [2.05, 4.69) is 36.0 Å². The van der Waals surface area contributed by atoms with Crippen LogP contribution in [0.25, 0.3) is 0 Å². The number of rotatable bonds is 4. The Morgan fingerprint density at radius 1 is 1.17 bits per heavy atom. The van der Waals surface area contributed by atoms with E-state index in [0.717, 1.165) is 18.1 Å². The summed E-state index contributed by atoms with van der Waals surface area (Å²) in [4.78, 5) is 5.25. The highest BCUT2D eigenvalue weighted by Gasteiger charge is 2.34. The lowest BCUT2D eigenvalue weighted by Crippen LogP contribution is -2.60. The van der Waals surface area contributed by atoms with E-state index in [1.54, 1.807) is 0 Å². The predicted molar refractivity (Wildman–Crippen MR) is 78.0 cm³/mol. The van der Waals surface area contributed by atoms with Gasteiger partial charge in [-0.05, 0) is 39.8 Å². The predicted octanol–water partition coefficient (Wildman–Crippen LogP) is 1.93. The third kappa shape index (κ3) is 3.46. The van der Waals surface area contributed by atoms with Crippen molar-refractivity contribution in [3.8, 4) is 0 Å². The summed E-state index contributed by atoms with van der Waals surface area (Å²) in [6.07, 6.45) is 6.87. The first-order valence-electron chi connectivity index (χ1n) is 7.90. The molecule has 0 aromatic rings. The molecule has 2 fully saturated rings. The molecule has 3 atom stereocenters. The first kappa shape index (κ1) is 14.3. The molecule has 0 amide bonds. The summed E-state index contributed by atoms with van der Waals surface area (Å²) < 4.78 is 0. The molecular formula is C15H31N3. The van der Waals surface area contributed by atoms with Gasteiger partial charge in [-0.25, -0.2) is 0 Å². The Balaban J connectivity index is 1.94. The van der Waals surface area contributed by atoms with E-state index in [-0.39, 0.29) is 0 Å². The van der Waals surface area contributed by atoms with Gasteiger partial charge in [0, 0.05) is 37.8 Å². The molecule has 0 aromatic heterocycles. The molecule has 1 aliphatic carbocycles. The number of piperazine rings is 1. The molecule has 2 rings (SSSR count). The molecule has 1 saturated heterocycles. The fraction of sp³-hybridized carbons (Fsp3) is 1.00. The van der Waals surface area contributed by atoms with Crippen LogP contribution in [0, 0.1) is 0 Å². The average Bonchev–Trinajstić information content (AvgIpc) is 2.37. The summed E-state index contributed by atoms with van der Waals surface area (Å²) >= 11 is 0. The Morgan fingerprint density at radius 3 is 2.67 bits per heavy atom. The van der Waals surface area contributed by atoms with Crippen molar-refractivity contribution in [3.05, 3.63) is 0 Å². The molecule has 18 heavy (non-hydrogen) atoms. The summed E-state index contributed by atoms with van der Waals surface area (Å²) in [6.45, 7) is 9.58. The summed E-state index contributed by atoms with van der Waals surface area (Å²) in [5.41, 5.74) is 0. The van der Waals surface area contributed by atoms with Crippen molar-refractivity contribution < 1.29 is 0 Å². The van der Waals surface area contributed by atoms with Crippen molar-refractivity contribution in [2.24, 2.45) is 0 Å². The molecule has 3 nitrogen and oxygen atoms in total. The van der Waals surface area contributed by atoms with E-state index in [9.17, 15) is 0 Å². The number of likely N-dealkylation sites (N-methyl/N-ethyl adjacent to an activating group) is 1. The molecule has 1 heterocycles. The number of nitrogens with one attached hydrogen (secondary N) is 1. The Morgan fingerprint density at radius 2 is 1.94 bits per heavy atom. The Bertz CT molecular complexity index is 244. The Labute approximate surface area is 113 Å². The van der Waals surface area contributed by atoms with Crippen LogP contribution < -0.4 is 5.32 Å². The molecule has 106 valence electrons. The quantitative estimate of drug-likeness (QED) is 0.826. The molecule has 1 aliphatic heterocycles. The second-order valence-corrected chi connectivity index (χ2v) is 6.26. The van der Waals surface area contributed by atoms with Crippen LogP contribution in [0.15, 0.2) is 0 Å². The van der Waals surface area contributed by atoms with Crippen molar-refractivity contribution in [2.45, 2.75) is 64.1 Å². The second-order valence-electron chi connectivity index (χ2n) is 6.26. The highest BCUT2D eigenvalue weighted by Crippen LogP contribution is 2.26. The molecular weight excluding hydrogens is 222 g/mol. The molecule has 0 aromatic carbocycles. The van der Waals surface area contributed by atoms with E-state index >= 15 is 0 Å². The molecule has 1 saturated carbocycles. The lowest BCUT2D eigenvalue weighted by Gasteiger charge is -2.47. The monoisotopic (exact) mass is 253 g/mol. The maximum Gasteiger partial charge on any atom is 0.0253 e. The van der Waals surface area contributed by atoms with Gasteiger partial charge in [0.25, 0.3) is 0 Å². The van der Waals surface area contributed by atoms with E-state index in [1.807, 2.05) is 0 Å². The zero-order valence-corrected chi connectivity index (χ0v) is 12.5. The maximum atomic E-state index is 3.80. The van der Waals surface area contributed by atoms with Crippen molar-refractivity contribution >= 4 is 0 Å². The lowest BCUT2D eigenvalue weighted by atomic mass is 9.87. The molecule has 0 spiro atoms. The van der Waals surface area contributed by atoms with Gasteiger partial charge in [0.05, 0.1) is 0 Å². The highest BCUT2D eigenvalue weighted by molar-refractivity contribution is 4.92. The topological polar surface area (TPSA) is 18.5 Å². The minimum Gasteiger partial charge on any atom is -0.312 e. The van der Waals surface area contributed by atoms with Crippen LogP contribution in [0.1, 0.15) is 46.0 Å². The van der Waals surface area contributed by atoms with E-state index in [1.165, 1.54) is 58.3 Å². The van der Waals surface area contributed by atoms with Gasteiger partial charge < -0.3 is 10.2 Å². The summed E-state index contributed by atoms with van der Waals surface area (Å²) in [6, 6.07) is 2.25. The van der Waals surface area contributed by atoms with Crippen molar-refractivity contribution in [2.75, 3.05) is 33.2 Å². The van der Waals surface area contributed by atoms with Crippen molar-refractivity contribution in [1.29, 1.82) is 0 Å². The van der Waals surface area contributed by atoms with Crippen LogP contribution >= 0.6 is 0 Å². The number of hydrogen-bond acceptors (Lipinski definition) is 3. The molecule has 3 unspecified atom stereocenters. The minimum atomic E-state index is 0.720. The summed E-state index contributed by atoms with van der Waals surface area (Å²) in [7, 11) is 2.25. The SMILES string of the molecule is CCCNC1CCCCC1N1CCN(C)CC1C. The normalized spacial score (nSPS) is 35.8. The lowest BCUT2D eigenvalue weighted by molar-refractivity contribution is 0.0301. The summed E-state index contributed by atoms with van der Waals surface area (Å²) in [5, 5.41) is 3.80. The third-order valence-corrected chi connectivity index (χ3v) is 4.69. The fourth-order valence-corrected chi connectivity index (χ4v) is 3.72. The molecule has 3 heteroatoms. The Hall–Kier alpha value is -0.120. The largest absolute Gasteiger partial charge is 0.312 e. The molecule has 1 N–H and O–H groups in total. The molecule has 0 bridgehead atoms. The van der Waals surface area contributed by atoms with Gasteiger partial charge in [-0.15, -0.1) is 0 Å². The van der Waals surface area contributed by atoms with Crippen LogP contribution in [0.5, 0.6) is 0 Å². The summed E-state index contributed by atoms with van der Waals surface area (Å²) in [5.74, 6) is 0. The van der Waals surface area contributed by atoms with Gasteiger partial charge in [0.15, 0.2) is 0 Å². The number of nitrogens with zero attached hydrogens (tertiary/aromatic N) is 2. The van der Waals surface area contributed by atoms with Crippen LogP contribution in [0.3, 0.4) is 0 Å². The van der Waals surface area contributed by atoms with Crippen LogP contribution in [0.4, 0.5) is 0 Å².